The SMILES string of the molecule is CC(=O)c1cccc(F)c1N(CC(F)(F)F)C(C)C. The Kier molecular flexibility index (Phi) is 4.55. The number of nitrogens with zero attached hydrogens (tertiary/aromatic N) is 1. The summed E-state index contributed by atoms with van der Waals surface area (Å²) >= 11 is 0. The molecule has 0 aromatic heterocycles. The molecular formula is C13H15F4NO. The first-order chi connectivity index (χ1) is 8.63. The summed E-state index contributed by atoms with van der Waals surface area (Å²) in [5, 5.41) is 0. The van der Waals surface area contributed by atoms with Crippen molar-refractivity contribution in [3.63, 3.8) is 0 Å². The molecule has 0 radical (unpaired) electrons. The van der Waals surface area contributed by atoms with E-state index in [4.69, 9.17) is 0 Å². The second-order valence-corrected chi connectivity index (χ2v) is 4.53. The molecule has 0 bridgehead atoms. The molecule has 0 aliphatic carbocycles. The van der Waals surface area contributed by atoms with Crippen molar-refractivity contribution in [2.24, 2.45) is 0 Å². The Morgan fingerprint density at radius 2 is 1.89 bits per heavy atom. The van der Waals surface area contributed by atoms with Crippen LogP contribution in [0, 0.1) is 5.82 Å². The summed E-state index contributed by atoms with van der Waals surface area (Å²) in [6.07, 6.45) is -4.47. The largest absolute Gasteiger partial charge is 0.405 e. The number of carbonyl (C=O) groups is 1. The molecule has 2 nitrogen and oxygen atoms in total. The first kappa shape index (κ1) is 15.5. The van der Waals surface area contributed by atoms with Gasteiger partial charge < -0.3 is 4.90 Å². The lowest BCUT2D eigenvalue weighted by Crippen LogP contribution is -2.40. The normalized spacial score (nSPS) is 11.8. The van der Waals surface area contributed by atoms with Crippen molar-refractivity contribution in [1.82, 2.24) is 0 Å². The molecule has 1 aromatic carbocycles. The van der Waals surface area contributed by atoms with Gasteiger partial charge in [-0.1, -0.05) is 6.07 Å². The van der Waals surface area contributed by atoms with Gasteiger partial charge in [-0.05, 0) is 32.9 Å². The maximum Gasteiger partial charge on any atom is 0.405 e. The van der Waals surface area contributed by atoms with Crippen LogP contribution in [0.15, 0.2) is 18.2 Å². The van der Waals surface area contributed by atoms with Gasteiger partial charge in [0.25, 0.3) is 0 Å². The number of carbonyl (C=O) groups excluding carboxylic acids is 1. The fourth-order valence-corrected chi connectivity index (χ4v) is 1.80. The van der Waals surface area contributed by atoms with Crippen LogP contribution < -0.4 is 4.90 Å². The van der Waals surface area contributed by atoms with E-state index in [1.807, 2.05) is 0 Å². The van der Waals surface area contributed by atoms with E-state index in [9.17, 15) is 22.4 Å². The maximum absolute atomic E-state index is 13.8. The zero-order valence-electron chi connectivity index (χ0n) is 10.9. The van der Waals surface area contributed by atoms with Crippen molar-refractivity contribution >= 4 is 11.5 Å². The quantitative estimate of drug-likeness (QED) is 0.616. The molecule has 0 N–H and O–H groups in total. The number of hydrogen-bond acceptors (Lipinski definition) is 2. The van der Waals surface area contributed by atoms with Crippen LogP contribution in [0.5, 0.6) is 0 Å². The van der Waals surface area contributed by atoms with Gasteiger partial charge in [0.2, 0.25) is 0 Å². The minimum absolute atomic E-state index is 0.0436. The van der Waals surface area contributed by atoms with E-state index in [0.717, 1.165) is 11.0 Å². The molecule has 0 aliphatic heterocycles. The maximum atomic E-state index is 13.8. The second kappa shape index (κ2) is 5.59. The molecule has 0 unspecified atom stereocenters. The molecule has 1 rings (SSSR count). The van der Waals surface area contributed by atoms with Crippen molar-refractivity contribution in [2.45, 2.75) is 33.0 Å². The van der Waals surface area contributed by atoms with Crippen LogP contribution in [0.2, 0.25) is 0 Å². The van der Waals surface area contributed by atoms with E-state index >= 15 is 0 Å². The van der Waals surface area contributed by atoms with Gasteiger partial charge in [0, 0.05) is 11.6 Å². The highest BCUT2D eigenvalue weighted by atomic mass is 19.4. The monoisotopic (exact) mass is 277 g/mol. The molecule has 106 valence electrons. The van der Waals surface area contributed by atoms with E-state index in [0.29, 0.717) is 0 Å². The minimum atomic E-state index is -4.47. The van der Waals surface area contributed by atoms with E-state index in [1.165, 1.54) is 32.9 Å². The fraction of sp³-hybridized carbons (Fsp3) is 0.462. The Morgan fingerprint density at radius 1 is 1.32 bits per heavy atom. The van der Waals surface area contributed by atoms with Crippen LogP contribution >= 0.6 is 0 Å². The molecule has 0 amide bonds. The minimum Gasteiger partial charge on any atom is -0.357 e. The molecule has 19 heavy (non-hydrogen) atoms. The number of benzene rings is 1. The standard InChI is InChI=1S/C13H15F4NO/c1-8(2)18(7-13(15,16)17)12-10(9(3)19)5-4-6-11(12)14/h4-6,8H,7H2,1-3H3. The predicted octanol–water partition coefficient (Wildman–Crippen LogP) is 3.81. The van der Waals surface area contributed by atoms with Crippen molar-refractivity contribution in [2.75, 3.05) is 11.4 Å². The van der Waals surface area contributed by atoms with Gasteiger partial charge >= 0.3 is 6.18 Å². The number of rotatable bonds is 4. The number of hydrogen-bond donors (Lipinski definition) is 0. The third-order valence-corrected chi connectivity index (χ3v) is 2.63. The van der Waals surface area contributed by atoms with Crippen LogP contribution in [-0.2, 0) is 0 Å². The Labute approximate surface area is 109 Å². The number of ketones is 1. The van der Waals surface area contributed by atoms with Gasteiger partial charge in [0.1, 0.15) is 12.4 Å². The smallest absolute Gasteiger partial charge is 0.357 e. The zero-order valence-corrected chi connectivity index (χ0v) is 10.9. The topological polar surface area (TPSA) is 20.3 Å². The highest BCUT2D eigenvalue weighted by Gasteiger charge is 2.34. The number of Topliss-reactive ketones (excluding diaryl/α,β-unsaturated/α-hetero) is 1. The molecule has 0 fully saturated rings. The van der Waals surface area contributed by atoms with Crippen LogP contribution in [-0.4, -0.2) is 24.5 Å². The van der Waals surface area contributed by atoms with Crippen LogP contribution in [0.25, 0.3) is 0 Å². The summed E-state index contributed by atoms with van der Waals surface area (Å²) in [6.45, 7) is 2.93. The molecular weight excluding hydrogens is 262 g/mol. The highest BCUT2D eigenvalue weighted by molar-refractivity contribution is 5.99. The molecule has 0 heterocycles. The predicted molar refractivity (Wildman–Crippen MR) is 64.9 cm³/mol. The molecule has 0 aliphatic rings. The summed E-state index contributed by atoms with van der Waals surface area (Å²) < 4.78 is 51.5. The third kappa shape index (κ3) is 3.94. The van der Waals surface area contributed by atoms with Gasteiger partial charge in [0.15, 0.2) is 5.78 Å². The molecule has 0 spiro atoms. The average molecular weight is 277 g/mol. The highest BCUT2D eigenvalue weighted by Crippen LogP contribution is 2.30. The Bertz CT molecular complexity index is 468. The Morgan fingerprint density at radius 3 is 2.32 bits per heavy atom. The van der Waals surface area contributed by atoms with Gasteiger partial charge in [0.05, 0.1) is 5.69 Å². The lowest BCUT2D eigenvalue weighted by molar-refractivity contribution is -0.120. The first-order valence-electron chi connectivity index (χ1n) is 5.76. The Balaban J connectivity index is 3.34. The van der Waals surface area contributed by atoms with Crippen molar-refractivity contribution in [3.05, 3.63) is 29.6 Å². The third-order valence-electron chi connectivity index (χ3n) is 2.63. The van der Waals surface area contributed by atoms with E-state index in [-0.39, 0.29) is 11.3 Å². The molecule has 0 atom stereocenters. The second-order valence-electron chi connectivity index (χ2n) is 4.53. The number of halogens is 4. The van der Waals surface area contributed by atoms with Crippen LogP contribution in [0.4, 0.5) is 23.2 Å². The number of para-hydroxylation sites is 1. The Hall–Kier alpha value is -1.59. The summed E-state index contributed by atoms with van der Waals surface area (Å²) in [6, 6.07) is 3.10. The zero-order chi connectivity index (χ0) is 14.8. The van der Waals surface area contributed by atoms with Gasteiger partial charge in [-0.2, -0.15) is 13.2 Å². The summed E-state index contributed by atoms with van der Waals surface area (Å²) in [5.41, 5.74) is -0.333. The summed E-state index contributed by atoms with van der Waals surface area (Å²) in [4.78, 5) is 12.3. The van der Waals surface area contributed by atoms with Gasteiger partial charge in [-0.3, -0.25) is 4.79 Å². The van der Waals surface area contributed by atoms with E-state index in [2.05, 4.69) is 0 Å². The number of anilines is 1. The van der Waals surface area contributed by atoms with Gasteiger partial charge in [-0.15, -0.1) is 0 Å². The van der Waals surface area contributed by atoms with Gasteiger partial charge in [-0.25, -0.2) is 4.39 Å². The molecule has 0 saturated carbocycles. The van der Waals surface area contributed by atoms with Crippen molar-refractivity contribution in [1.29, 1.82) is 0 Å². The molecule has 6 heteroatoms. The van der Waals surface area contributed by atoms with Crippen molar-refractivity contribution < 1.29 is 22.4 Å². The molecule has 0 saturated heterocycles. The fourth-order valence-electron chi connectivity index (χ4n) is 1.80. The number of alkyl halides is 3. The summed E-state index contributed by atoms with van der Waals surface area (Å²) in [5.74, 6) is -1.30. The van der Waals surface area contributed by atoms with E-state index in [1.54, 1.807) is 0 Å². The van der Waals surface area contributed by atoms with Crippen LogP contribution in [0.3, 0.4) is 0 Å². The van der Waals surface area contributed by atoms with E-state index < -0.39 is 30.4 Å². The van der Waals surface area contributed by atoms with Crippen molar-refractivity contribution in [3.8, 4) is 0 Å². The first-order valence-corrected chi connectivity index (χ1v) is 5.76. The van der Waals surface area contributed by atoms with Crippen LogP contribution in [0.1, 0.15) is 31.1 Å². The average Bonchev–Trinajstić information content (AvgIpc) is 2.24. The summed E-state index contributed by atoms with van der Waals surface area (Å²) in [7, 11) is 0. The lowest BCUT2D eigenvalue weighted by Gasteiger charge is -2.31. The lowest BCUT2D eigenvalue weighted by atomic mass is 10.1. The molecule has 1 aromatic rings.